The van der Waals surface area contributed by atoms with Gasteiger partial charge in [-0.15, -0.1) is 12.4 Å². The highest BCUT2D eigenvalue weighted by molar-refractivity contribution is 5.85. The number of nitrogens with one attached hydrogen (secondary N) is 1. The molecule has 3 heteroatoms. The van der Waals surface area contributed by atoms with Crippen molar-refractivity contribution in [2.24, 2.45) is 0 Å². The molecular weight excluding hydrogens is 208 g/mol. The smallest absolute Gasteiger partial charge is 0.0367 e. The first kappa shape index (κ1) is 12.3. The van der Waals surface area contributed by atoms with Crippen LogP contribution in [-0.2, 0) is 0 Å². The highest BCUT2D eigenvalue weighted by Crippen LogP contribution is 2.16. The Kier molecular flexibility index (Phi) is 4.43. The van der Waals surface area contributed by atoms with Crippen LogP contribution < -0.4 is 10.2 Å². The molecule has 0 bridgehead atoms. The number of hydrogen-bond acceptors (Lipinski definition) is 2. The molecule has 1 aliphatic rings. The summed E-state index contributed by atoms with van der Waals surface area (Å²) in [5.74, 6) is 0. The number of hydrogen-bond donors (Lipinski definition) is 1. The number of rotatable bonds is 1. The minimum absolute atomic E-state index is 0. The van der Waals surface area contributed by atoms with Crippen LogP contribution >= 0.6 is 12.4 Å². The number of piperazine rings is 1. The van der Waals surface area contributed by atoms with Crippen LogP contribution in [0.2, 0.25) is 0 Å². The van der Waals surface area contributed by atoms with E-state index >= 15 is 0 Å². The second-order valence-electron chi connectivity index (χ2n) is 4.14. The molecule has 0 radical (unpaired) electrons. The van der Waals surface area contributed by atoms with Gasteiger partial charge in [0.25, 0.3) is 0 Å². The fraction of sp³-hybridized carbons (Fsp3) is 0.500. The molecule has 1 aromatic rings. The summed E-state index contributed by atoms with van der Waals surface area (Å²) in [5.41, 5.74) is 2.68. The van der Waals surface area contributed by atoms with E-state index in [1.54, 1.807) is 0 Å². The van der Waals surface area contributed by atoms with Crippen LogP contribution in [0.1, 0.15) is 12.5 Å². The predicted molar refractivity (Wildman–Crippen MR) is 68.1 cm³/mol. The Bertz CT molecular complexity index is 297. The van der Waals surface area contributed by atoms with Crippen molar-refractivity contribution >= 4 is 18.1 Å². The molecule has 84 valence electrons. The van der Waals surface area contributed by atoms with E-state index in [0.717, 1.165) is 19.6 Å². The van der Waals surface area contributed by atoms with Crippen molar-refractivity contribution in [1.82, 2.24) is 5.32 Å². The normalized spacial score (nSPS) is 20.9. The molecule has 1 fully saturated rings. The zero-order valence-electron chi connectivity index (χ0n) is 9.36. The van der Waals surface area contributed by atoms with Gasteiger partial charge in [-0.1, -0.05) is 17.7 Å². The van der Waals surface area contributed by atoms with Crippen LogP contribution in [0.25, 0.3) is 0 Å². The summed E-state index contributed by atoms with van der Waals surface area (Å²) in [5, 5.41) is 3.45. The molecule has 1 heterocycles. The van der Waals surface area contributed by atoms with Gasteiger partial charge >= 0.3 is 0 Å². The van der Waals surface area contributed by atoms with E-state index in [2.05, 4.69) is 48.3 Å². The van der Waals surface area contributed by atoms with E-state index in [-0.39, 0.29) is 12.4 Å². The fourth-order valence-corrected chi connectivity index (χ4v) is 1.92. The van der Waals surface area contributed by atoms with Crippen molar-refractivity contribution < 1.29 is 0 Å². The third kappa shape index (κ3) is 3.11. The first-order valence-corrected chi connectivity index (χ1v) is 5.31. The molecule has 0 aliphatic carbocycles. The molecule has 1 aliphatic heterocycles. The number of aryl methyl sites for hydroxylation is 1. The van der Waals surface area contributed by atoms with Gasteiger partial charge in [0, 0.05) is 31.4 Å². The second kappa shape index (κ2) is 5.38. The Balaban J connectivity index is 0.00000112. The zero-order valence-corrected chi connectivity index (χ0v) is 10.2. The third-order valence-electron chi connectivity index (χ3n) is 2.77. The third-order valence-corrected chi connectivity index (χ3v) is 2.77. The van der Waals surface area contributed by atoms with Gasteiger partial charge in [0.1, 0.15) is 0 Å². The van der Waals surface area contributed by atoms with Crippen LogP contribution in [0.3, 0.4) is 0 Å². The van der Waals surface area contributed by atoms with Gasteiger partial charge in [0.15, 0.2) is 0 Å². The van der Waals surface area contributed by atoms with E-state index in [4.69, 9.17) is 0 Å². The molecule has 15 heavy (non-hydrogen) atoms. The number of nitrogens with zero attached hydrogens (tertiary/aromatic N) is 1. The Hall–Kier alpha value is -0.730. The maximum absolute atomic E-state index is 3.45. The van der Waals surface area contributed by atoms with Gasteiger partial charge in [-0.2, -0.15) is 0 Å². The summed E-state index contributed by atoms with van der Waals surface area (Å²) in [6.07, 6.45) is 0. The highest BCUT2D eigenvalue weighted by atomic mass is 35.5. The van der Waals surface area contributed by atoms with E-state index in [1.807, 2.05) is 0 Å². The maximum atomic E-state index is 3.45. The average Bonchev–Trinajstić information content (AvgIpc) is 2.19. The minimum atomic E-state index is 0. The first-order chi connectivity index (χ1) is 6.75. The summed E-state index contributed by atoms with van der Waals surface area (Å²) in [7, 11) is 0. The van der Waals surface area contributed by atoms with Gasteiger partial charge < -0.3 is 10.2 Å². The second-order valence-corrected chi connectivity index (χ2v) is 4.14. The van der Waals surface area contributed by atoms with Crippen molar-refractivity contribution in [2.75, 3.05) is 24.5 Å². The van der Waals surface area contributed by atoms with Crippen molar-refractivity contribution in [3.8, 4) is 0 Å². The Morgan fingerprint density at radius 3 is 2.53 bits per heavy atom. The van der Waals surface area contributed by atoms with E-state index in [1.165, 1.54) is 11.3 Å². The largest absolute Gasteiger partial charge is 0.369 e. The van der Waals surface area contributed by atoms with Gasteiger partial charge in [0.05, 0.1) is 0 Å². The molecule has 1 saturated heterocycles. The van der Waals surface area contributed by atoms with Crippen LogP contribution in [0, 0.1) is 6.92 Å². The molecule has 2 nitrogen and oxygen atoms in total. The number of benzene rings is 1. The van der Waals surface area contributed by atoms with E-state index in [0.29, 0.717) is 6.04 Å². The lowest BCUT2D eigenvalue weighted by Crippen LogP contribution is -2.49. The lowest BCUT2D eigenvalue weighted by molar-refractivity contribution is 0.485. The predicted octanol–water partition coefficient (Wildman–Crippen LogP) is 2.21. The monoisotopic (exact) mass is 226 g/mol. The standard InChI is InChI=1S/C12H18N2.ClH/c1-10-3-5-12(6-4-10)14-8-7-13-11(2)9-14;/h3-6,11,13H,7-9H2,1-2H3;1H. The van der Waals surface area contributed by atoms with Gasteiger partial charge in [-0.25, -0.2) is 0 Å². The molecule has 1 N–H and O–H groups in total. The highest BCUT2D eigenvalue weighted by Gasteiger charge is 2.15. The Morgan fingerprint density at radius 2 is 1.93 bits per heavy atom. The van der Waals surface area contributed by atoms with Gasteiger partial charge in [0.2, 0.25) is 0 Å². The Morgan fingerprint density at radius 1 is 1.27 bits per heavy atom. The summed E-state index contributed by atoms with van der Waals surface area (Å²) in [6.45, 7) is 7.69. The quantitative estimate of drug-likeness (QED) is 0.790. The summed E-state index contributed by atoms with van der Waals surface area (Å²) in [6, 6.07) is 9.40. The topological polar surface area (TPSA) is 15.3 Å². The lowest BCUT2D eigenvalue weighted by atomic mass is 10.1. The molecule has 0 amide bonds. The van der Waals surface area contributed by atoms with Gasteiger partial charge in [-0.05, 0) is 26.0 Å². The van der Waals surface area contributed by atoms with Crippen LogP contribution in [-0.4, -0.2) is 25.7 Å². The molecule has 1 unspecified atom stereocenters. The molecule has 0 spiro atoms. The molecular formula is C12H19ClN2. The SMILES string of the molecule is Cc1ccc(N2CCNC(C)C2)cc1.Cl. The first-order valence-electron chi connectivity index (χ1n) is 5.31. The average molecular weight is 227 g/mol. The molecule has 0 saturated carbocycles. The summed E-state index contributed by atoms with van der Waals surface area (Å²) < 4.78 is 0. The lowest BCUT2D eigenvalue weighted by Gasteiger charge is -2.33. The minimum Gasteiger partial charge on any atom is -0.369 e. The molecule has 2 rings (SSSR count). The number of halogens is 1. The molecule has 1 atom stereocenters. The van der Waals surface area contributed by atoms with Crippen molar-refractivity contribution in [3.63, 3.8) is 0 Å². The van der Waals surface area contributed by atoms with Crippen LogP contribution in [0.15, 0.2) is 24.3 Å². The van der Waals surface area contributed by atoms with E-state index < -0.39 is 0 Å². The fourth-order valence-electron chi connectivity index (χ4n) is 1.92. The number of anilines is 1. The zero-order chi connectivity index (χ0) is 9.97. The van der Waals surface area contributed by atoms with E-state index in [9.17, 15) is 0 Å². The van der Waals surface area contributed by atoms with Crippen molar-refractivity contribution in [2.45, 2.75) is 19.9 Å². The van der Waals surface area contributed by atoms with Crippen LogP contribution in [0.5, 0.6) is 0 Å². The maximum Gasteiger partial charge on any atom is 0.0367 e. The van der Waals surface area contributed by atoms with Gasteiger partial charge in [-0.3, -0.25) is 0 Å². The summed E-state index contributed by atoms with van der Waals surface area (Å²) >= 11 is 0. The van der Waals surface area contributed by atoms with Crippen molar-refractivity contribution in [3.05, 3.63) is 29.8 Å². The summed E-state index contributed by atoms with van der Waals surface area (Å²) in [4.78, 5) is 2.45. The van der Waals surface area contributed by atoms with Crippen molar-refractivity contribution in [1.29, 1.82) is 0 Å². The molecule has 1 aromatic carbocycles. The van der Waals surface area contributed by atoms with Crippen LogP contribution in [0.4, 0.5) is 5.69 Å². The Labute approximate surface area is 98.1 Å². The molecule has 0 aromatic heterocycles.